The van der Waals surface area contributed by atoms with E-state index in [1.54, 1.807) is 25.1 Å². The van der Waals surface area contributed by atoms with E-state index in [0.29, 0.717) is 27.7 Å². The third-order valence-electron chi connectivity index (χ3n) is 3.94. The Kier molecular flexibility index (Phi) is 3.34. The van der Waals surface area contributed by atoms with Crippen LogP contribution in [0.25, 0.3) is 22.1 Å². The highest BCUT2D eigenvalue weighted by Crippen LogP contribution is 2.20. The fraction of sp³-hybridized carbons (Fsp3) is 0.125. The van der Waals surface area contributed by atoms with E-state index in [2.05, 4.69) is 25.7 Å². The molecule has 9 heteroatoms. The minimum absolute atomic E-state index is 0.123. The molecular weight excluding hydrogens is 329 g/mol. The Morgan fingerprint density at radius 3 is 2.80 bits per heavy atom. The van der Waals surface area contributed by atoms with E-state index >= 15 is 0 Å². The number of hydrogen-bond donors (Lipinski definition) is 3. The topological polar surface area (TPSA) is 117 Å². The Morgan fingerprint density at radius 2 is 2.00 bits per heavy atom. The molecule has 0 saturated carbocycles. The third-order valence-corrected chi connectivity index (χ3v) is 3.94. The number of aromatic amines is 2. The number of amides is 1. The van der Waals surface area contributed by atoms with Crippen molar-refractivity contribution in [2.24, 2.45) is 0 Å². The van der Waals surface area contributed by atoms with Crippen LogP contribution >= 0.6 is 0 Å². The molecule has 126 valence electrons. The second-order valence-electron chi connectivity index (χ2n) is 5.61. The molecule has 1 amide bonds. The maximum absolute atomic E-state index is 14.1. The summed E-state index contributed by atoms with van der Waals surface area (Å²) in [6.07, 6.45) is 0. The van der Waals surface area contributed by atoms with Gasteiger partial charge in [0.1, 0.15) is 16.9 Å². The lowest BCUT2D eigenvalue weighted by Crippen LogP contribution is -2.27. The van der Waals surface area contributed by atoms with E-state index in [9.17, 15) is 14.0 Å². The van der Waals surface area contributed by atoms with Gasteiger partial charge in [-0.2, -0.15) is 15.4 Å². The van der Waals surface area contributed by atoms with Gasteiger partial charge in [-0.3, -0.25) is 9.78 Å². The van der Waals surface area contributed by atoms with Crippen molar-refractivity contribution in [2.75, 3.05) is 0 Å². The summed E-state index contributed by atoms with van der Waals surface area (Å²) in [5.41, 5.74) is 2.28. The van der Waals surface area contributed by atoms with Crippen molar-refractivity contribution in [3.63, 3.8) is 0 Å². The molecule has 0 radical (unpaired) electrons. The average Bonchev–Trinajstić information content (AvgIpc) is 3.17. The zero-order valence-corrected chi connectivity index (χ0v) is 13.0. The molecule has 1 unspecified atom stereocenters. The molecule has 0 fully saturated rings. The zero-order valence-electron chi connectivity index (χ0n) is 13.0. The first-order chi connectivity index (χ1) is 12.0. The highest BCUT2D eigenvalue weighted by molar-refractivity contribution is 5.97. The number of benzene rings is 2. The quantitative estimate of drug-likeness (QED) is 0.527. The molecule has 0 spiro atoms. The van der Waals surface area contributed by atoms with Gasteiger partial charge in [-0.05, 0) is 30.7 Å². The summed E-state index contributed by atoms with van der Waals surface area (Å²) in [5, 5.41) is 12.7. The van der Waals surface area contributed by atoms with Crippen molar-refractivity contribution < 1.29 is 13.6 Å². The van der Waals surface area contributed by atoms with Gasteiger partial charge in [0.15, 0.2) is 5.58 Å². The van der Waals surface area contributed by atoms with Gasteiger partial charge < -0.3 is 9.73 Å². The van der Waals surface area contributed by atoms with Crippen LogP contribution in [0.4, 0.5) is 4.39 Å². The standard InChI is InChI=1S/C16H12FN5O3/c1-7(8-2-3-11-14(4-8)25-16(24)19-11)18-15(23)9-5-12-13(6-10(9)17)21-22-20-12/h2-7H,1H3,(H,18,23)(H,19,24)(H,20,21,22). The van der Waals surface area contributed by atoms with Crippen LogP contribution in [0.15, 0.2) is 39.5 Å². The lowest BCUT2D eigenvalue weighted by atomic mass is 10.1. The molecule has 0 aliphatic carbocycles. The molecule has 0 aliphatic rings. The van der Waals surface area contributed by atoms with E-state index in [-0.39, 0.29) is 5.56 Å². The molecule has 8 nitrogen and oxygen atoms in total. The van der Waals surface area contributed by atoms with E-state index in [4.69, 9.17) is 4.42 Å². The molecule has 1 atom stereocenters. The van der Waals surface area contributed by atoms with Gasteiger partial charge >= 0.3 is 5.76 Å². The molecule has 2 heterocycles. The van der Waals surface area contributed by atoms with Crippen molar-refractivity contribution in [1.82, 2.24) is 25.7 Å². The SMILES string of the molecule is CC(NC(=O)c1cc2n[nH]nc2cc1F)c1ccc2[nH]c(=O)oc2c1. The number of halogens is 1. The summed E-state index contributed by atoms with van der Waals surface area (Å²) in [7, 11) is 0. The number of oxazole rings is 1. The maximum atomic E-state index is 14.1. The van der Waals surface area contributed by atoms with Crippen LogP contribution in [0, 0.1) is 5.82 Å². The molecule has 4 rings (SSSR count). The van der Waals surface area contributed by atoms with Crippen molar-refractivity contribution in [1.29, 1.82) is 0 Å². The van der Waals surface area contributed by atoms with E-state index in [1.165, 1.54) is 6.07 Å². The van der Waals surface area contributed by atoms with E-state index < -0.39 is 23.5 Å². The molecule has 4 aromatic rings. The molecule has 0 aliphatic heterocycles. The summed E-state index contributed by atoms with van der Waals surface area (Å²) in [4.78, 5) is 26.1. The molecule has 25 heavy (non-hydrogen) atoms. The number of carbonyl (C=O) groups excluding carboxylic acids is 1. The number of nitrogens with zero attached hydrogens (tertiary/aromatic N) is 2. The third kappa shape index (κ3) is 2.65. The first-order valence-electron chi connectivity index (χ1n) is 7.45. The van der Waals surface area contributed by atoms with E-state index in [1.807, 2.05) is 0 Å². The van der Waals surface area contributed by atoms with Crippen molar-refractivity contribution >= 4 is 28.0 Å². The number of nitrogens with one attached hydrogen (secondary N) is 3. The normalized spacial score (nSPS) is 12.6. The lowest BCUT2D eigenvalue weighted by Gasteiger charge is -2.14. The highest BCUT2D eigenvalue weighted by Gasteiger charge is 2.18. The number of aromatic nitrogens is 4. The lowest BCUT2D eigenvalue weighted by molar-refractivity contribution is 0.0936. The van der Waals surface area contributed by atoms with Gasteiger partial charge in [-0.15, -0.1) is 0 Å². The Morgan fingerprint density at radius 1 is 1.24 bits per heavy atom. The Balaban J connectivity index is 1.61. The van der Waals surface area contributed by atoms with Crippen LogP contribution in [0.2, 0.25) is 0 Å². The first kappa shape index (κ1) is 15.1. The summed E-state index contributed by atoms with van der Waals surface area (Å²) >= 11 is 0. The summed E-state index contributed by atoms with van der Waals surface area (Å²) < 4.78 is 19.1. The van der Waals surface area contributed by atoms with Gasteiger partial charge in [0, 0.05) is 6.07 Å². The van der Waals surface area contributed by atoms with Crippen molar-refractivity contribution in [3.05, 3.63) is 57.8 Å². The molecule has 0 saturated heterocycles. The Labute approximate surface area is 139 Å². The fourth-order valence-electron chi connectivity index (χ4n) is 2.63. The van der Waals surface area contributed by atoms with Crippen LogP contribution < -0.4 is 11.1 Å². The molecule has 0 bridgehead atoms. The Hall–Kier alpha value is -3.49. The summed E-state index contributed by atoms with van der Waals surface area (Å²) in [6.45, 7) is 1.75. The first-order valence-corrected chi connectivity index (χ1v) is 7.45. The molecular formula is C16H12FN5O3. The predicted molar refractivity (Wildman–Crippen MR) is 86.6 cm³/mol. The maximum Gasteiger partial charge on any atom is 0.417 e. The van der Waals surface area contributed by atoms with Gasteiger partial charge in [0.25, 0.3) is 5.91 Å². The number of rotatable bonds is 3. The molecule has 2 aromatic heterocycles. The minimum atomic E-state index is -0.682. The van der Waals surface area contributed by atoms with Gasteiger partial charge in [-0.1, -0.05) is 6.07 Å². The van der Waals surface area contributed by atoms with Gasteiger partial charge in [0.2, 0.25) is 0 Å². The summed E-state index contributed by atoms with van der Waals surface area (Å²) in [5.74, 6) is -1.81. The fourth-order valence-corrected chi connectivity index (χ4v) is 2.63. The van der Waals surface area contributed by atoms with Gasteiger partial charge in [0.05, 0.1) is 17.1 Å². The number of fused-ring (bicyclic) bond motifs is 2. The van der Waals surface area contributed by atoms with Crippen LogP contribution in [0.3, 0.4) is 0 Å². The highest BCUT2D eigenvalue weighted by atomic mass is 19.1. The summed E-state index contributed by atoms with van der Waals surface area (Å²) in [6, 6.07) is 7.14. The largest absolute Gasteiger partial charge is 0.417 e. The predicted octanol–water partition coefficient (Wildman–Crippen LogP) is 2.02. The van der Waals surface area contributed by atoms with Crippen LogP contribution in [-0.2, 0) is 0 Å². The van der Waals surface area contributed by atoms with Crippen molar-refractivity contribution in [2.45, 2.75) is 13.0 Å². The second-order valence-corrected chi connectivity index (χ2v) is 5.61. The number of hydrogen-bond acceptors (Lipinski definition) is 5. The zero-order chi connectivity index (χ0) is 17.6. The minimum Gasteiger partial charge on any atom is -0.408 e. The van der Waals surface area contributed by atoms with Crippen LogP contribution in [0.5, 0.6) is 0 Å². The second kappa shape index (κ2) is 5.55. The van der Waals surface area contributed by atoms with Gasteiger partial charge in [-0.25, -0.2) is 9.18 Å². The molecule has 3 N–H and O–H groups in total. The van der Waals surface area contributed by atoms with E-state index in [0.717, 1.165) is 6.07 Å². The number of H-pyrrole nitrogens is 2. The Bertz CT molecular complexity index is 1160. The van der Waals surface area contributed by atoms with Crippen molar-refractivity contribution in [3.8, 4) is 0 Å². The molecule has 2 aromatic carbocycles. The number of carbonyl (C=O) groups is 1. The smallest absolute Gasteiger partial charge is 0.408 e. The average molecular weight is 341 g/mol. The van der Waals surface area contributed by atoms with Crippen LogP contribution in [-0.4, -0.2) is 26.3 Å². The monoisotopic (exact) mass is 341 g/mol. The van der Waals surface area contributed by atoms with Crippen LogP contribution in [0.1, 0.15) is 28.9 Å².